The summed E-state index contributed by atoms with van der Waals surface area (Å²) in [5, 5.41) is 13.6. The highest BCUT2D eigenvalue weighted by Gasteiger charge is 2.13. The number of aryl methyl sites for hydroxylation is 1. The van der Waals surface area contributed by atoms with Crippen LogP contribution in [0.3, 0.4) is 0 Å². The molecule has 0 bridgehead atoms. The van der Waals surface area contributed by atoms with Gasteiger partial charge in [0.2, 0.25) is 5.91 Å². The summed E-state index contributed by atoms with van der Waals surface area (Å²) < 4.78 is 0. The second-order valence-corrected chi connectivity index (χ2v) is 4.30. The van der Waals surface area contributed by atoms with E-state index in [0.29, 0.717) is 12.0 Å². The van der Waals surface area contributed by atoms with E-state index >= 15 is 0 Å². The highest BCUT2D eigenvalue weighted by molar-refractivity contribution is 5.90. The number of anilines is 1. The molecule has 0 aliphatic heterocycles. The van der Waals surface area contributed by atoms with Gasteiger partial charge in [-0.05, 0) is 18.6 Å². The van der Waals surface area contributed by atoms with Gasteiger partial charge in [-0.2, -0.15) is 0 Å². The Morgan fingerprint density at radius 3 is 2.40 bits per heavy atom. The third kappa shape index (κ3) is 3.65. The Morgan fingerprint density at radius 2 is 1.70 bits per heavy atom. The molecule has 2 rings (SSSR count). The lowest BCUT2D eigenvalue weighted by Crippen LogP contribution is -2.12. The van der Waals surface area contributed by atoms with Gasteiger partial charge in [-0.1, -0.05) is 36.4 Å². The molecule has 0 unspecified atom stereocenters. The van der Waals surface area contributed by atoms with Crippen LogP contribution in [0, 0.1) is 10.1 Å². The molecular formula is C15H14N2O3. The van der Waals surface area contributed by atoms with E-state index in [0.717, 1.165) is 5.69 Å². The monoisotopic (exact) mass is 270 g/mol. The average Bonchev–Trinajstić information content (AvgIpc) is 2.46. The van der Waals surface area contributed by atoms with Gasteiger partial charge in [-0.25, -0.2) is 0 Å². The number of nitro groups is 1. The molecule has 102 valence electrons. The van der Waals surface area contributed by atoms with Crippen LogP contribution in [-0.2, 0) is 11.2 Å². The maximum absolute atomic E-state index is 11.8. The predicted molar refractivity (Wildman–Crippen MR) is 76.5 cm³/mol. The van der Waals surface area contributed by atoms with Crippen molar-refractivity contribution in [2.45, 2.75) is 12.8 Å². The summed E-state index contributed by atoms with van der Waals surface area (Å²) in [5.74, 6) is -0.158. The Balaban J connectivity index is 1.96. The van der Waals surface area contributed by atoms with Gasteiger partial charge in [0, 0.05) is 23.7 Å². The molecule has 1 amide bonds. The van der Waals surface area contributed by atoms with E-state index in [1.807, 2.05) is 18.2 Å². The number of nitrogens with zero attached hydrogens (tertiary/aromatic N) is 1. The Kier molecular flexibility index (Phi) is 4.44. The number of hydrogen-bond donors (Lipinski definition) is 1. The maximum atomic E-state index is 11.8. The molecule has 5 heteroatoms. The number of carbonyl (C=O) groups is 1. The molecule has 20 heavy (non-hydrogen) atoms. The Morgan fingerprint density at radius 1 is 1.05 bits per heavy atom. The van der Waals surface area contributed by atoms with Crippen molar-refractivity contribution >= 4 is 17.3 Å². The zero-order valence-corrected chi connectivity index (χ0v) is 10.8. The number of amides is 1. The van der Waals surface area contributed by atoms with Crippen LogP contribution in [0.25, 0.3) is 0 Å². The second kappa shape index (κ2) is 6.47. The zero-order chi connectivity index (χ0) is 14.4. The third-order valence-corrected chi connectivity index (χ3v) is 2.87. The molecule has 0 saturated heterocycles. The van der Waals surface area contributed by atoms with Crippen molar-refractivity contribution in [3.05, 3.63) is 70.3 Å². The quantitative estimate of drug-likeness (QED) is 0.670. The van der Waals surface area contributed by atoms with E-state index in [4.69, 9.17) is 0 Å². The van der Waals surface area contributed by atoms with Crippen LogP contribution in [0.1, 0.15) is 12.0 Å². The molecule has 0 spiro atoms. The van der Waals surface area contributed by atoms with Crippen LogP contribution in [0.5, 0.6) is 0 Å². The standard InChI is InChI=1S/C15H14N2O3/c18-15(16-13-7-2-1-3-8-13)11-10-12-6-4-5-9-14(12)17(19)20/h1-9H,10-11H2,(H,16,18). The van der Waals surface area contributed by atoms with Crippen LogP contribution in [0.4, 0.5) is 11.4 Å². The molecule has 5 nitrogen and oxygen atoms in total. The smallest absolute Gasteiger partial charge is 0.272 e. The lowest BCUT2D eigenvalue weighted by Gasteiger charge is -2.05. The third-order valence-electron chi connectivity index (χ3n) is 2.87. The molecule has 0 aliphatic carbocycles. The molecule has 1 N–H and O–H groups in total. The number of para-hydroxylation sites is 2. The number of carbonyl (C=O) groups excluding carboxylic acids is 1. The van der Waals surface area contributed by atoms with E-state index in [-0.39, 0.29) is 18.0 Å². The largest absolute Gasteiger partial charge is 0.326 e. The van der Waals surface area contributed by atoms with Gasteiger partial charge in [0.25, 0.3) is 5.69 Å². The van der Waals surface area contributed by atoms with Crippen molar-refractivity contribution in [1.82, 2.24) is 0 Å². The van der Waals surface area contributed by atoms with Crippen molar-refractivity contribution in [3.63, 3.8) is 0 Å². The van der Waals surface area contributed by atoms with Crippen LogP contribution in [0.2, 0.25) is 0 Å². The number of nitrogens with one attached hydrogen (secondary N) is 1. The first-order chi connectivity index (χ1) is 9.66. The van der Waals surface area contributed by atoms with Gasteiger partial charge >= 0.3 is 0 Å². The molecule has 0 saturated carbocycles. The van der Waals surface area contributed by atoms with Crippen LogP contribution < -0.4 is 5.32 Å². The van der Waals surface area contributed by atoms with E-state index in [1.165, 1.54) is 6.07 Å². The summed E-state index contributed by atoms with van der Waals surface area (Å²) in [7, 11) is 0. The minimum absolute atomic E-state index is 0.0556. The number of rotatable bonds is 5. The molecular weight excluding hydrogens is 256 g/mol. The topological polar surface area (TPSA) is 72.2 Å². The maximum Gasteiger partial charge on any atom is 0.272 e. The number of benzene rings is 2. The van der Waals surface area contributed by atoms with Crippen molar-refractivity contribution in [2.75, 3.05) is 5.32 Å². The first-order valence-electron chi connectivity index (χ1n) is 6.24. The van der Waals surface area contributed by atoms with Crippen molar-refractivity contribution in [1.29, 1.82) is 0 Å². The first kappa shape index (κ1) is 13.7. The fraction of sp³-hybridized carbons (Fsp3) is 0.133. The van der Waals surface area contributed by atoms with E-state index in [9.17, 15) is 14.9 Å². The van der Waals surface area contributed by atoms with Crippen molar-refractivity contribution < 1.29 is 9.72 Å². The van der Waals surface area contributed by atoms with Gasteiger partial charge in [0.05, 0.1) is 4.92 Å². The van der Waals surface area contributed by atoms with Crippen LogP contribution in [0.15, 0.2) is 54.6 Å². The van der Waals surface area contributed by atoms with E-state index in [2.05, 4.69) is 5.32 Å². The summed E-state index contributed by atoms with van der Waals surface area (Å²) in [6.45, 7) is 0. The molecule has 0 heterocycles. The van der Waals surface area contributed by atoms with E-state index < -0.39 is 4.92 Å². The van der Waals surface area contributed by atoms with Gasteiger partial charge in [0.15, 0.2) is 0 Å². The lowest BCUT2D eigenvalue weighted by atomic mass is 10.1. The minimum Gasteiger partial charge on any atom is -0.326 e. The van der Waals surface area contributed by atoms with Gasteiger partial charge < -0.3 is 5.32 Å². The fourth-order valence-electron chi connectivity index (χ4n) is 1.89. The number of hydrogen-bond acceptors (Lipinski definition) is 3. The Hall–Kier alpha value is -2.69. The molecule has 0 atom stereocenters. The molecule has 0 fully saturated rings. The van der Waals surface area contributed by atoms with Gasteiger partial charge in [-0.15, -0.1) is 0 Å². The van der Waals surface area contributed by atoms with Gasteiger partial charge in [0.1, 0.15) is 0 Å². The Labute approximate surface area is 116 Å². The van der Waals surface area contributed by atoms with Crippen molar-refractivity contribution in [2.24, 2.45) is 0 Å². The molecule has 0 aromatic heterocycles. The summed E-state index contributed by atoms with van der Waals surface area (Å²) in [4.78, 5) is 22.2. The molecule has 0 aliphatic rings. The Bertz CT molecular complexity index is 612. The van der Waals surface area contributed by atoms with E-state index in [1.54, 1.807) is 30.3 Å². The summed E-state index contributed by atoms with van der Waals surface area (Å²) >= 11 is 0. The second-order valence-electron chi connectivity index (χ2n) is 4.30. The molecule has 2 aromatic rings. The van der Waals surface area contributed by atoms with Crippen LogP contribution in [-0.4, -0.2) is 10.8 Å². The zero-order valence-electron chi connectivity index (χ0n) is 10.8. The normalized spacial score (nSPS) is 10.0. The molecule has 0 radical (unpaired) electrons. The molecule has 2 aromatic carbocycles. The predicted octanol–water partition coefficient (Wildman–Crippen LogP) is 3.17. The minimum atomic E-state index is -0.426. The van der Waals surface area contributed by atoms with Gasteiger partial charge in [-0.3, -0.25) is 14.9 Å². The summed E-state index contributed by atoms with van der Waals surface area (Å²) in [6.07, 6.45) is 0.551. The lowest BCUT2D eigenvalue weighted by molar-refractivity contribution is -0.385. The highest BCUT2D eigenvalue weighted by atomic mass is 16.6. The number of nitro benzene ring substituents is 1. The van der Waals surface area contributed by atoms with Crippen molar-refractivity contribution in [3.8, 4) is 0 Å². The van der Waals surface area contributed by atoms with Crippen LogP contribution >= 0.6 is 0 Å². The highest BCUT2D eigenvalue weighted by Crippen LogP contribution is 2.19. The summed E-state index contributed by atoms with van der Waals surface area (Å²) in [5.41, 5.74) is 1.35. The fourth-order valence-corrected chi connectivity index (χ4v) is 1.89. The first-order valence-corrected chi connectivity index (χ1v) is 6.24. The average molecular weight is 270 g/mol. The summed E-state index contributed by atoms with van der Waals surface area (Å²) in [6, 6.07) is 15.6. The SMILES string of the molecule is O=C(CCc1ccccc1[N+](=O)[O-])Nc1ccccc1.